The third-order valence-electron chi connectivity index (χ3n) is 6.26. The van der Waals surface area contributed by atoms with Gasteiger partial charge in [-0.1, -0.05) is 0 Å². The Morgan fingerprint density at radius 2 is 0.971 bits per heavy atom. The van der Waals surface area contributed by atoms with Crippen molar-refractivity contribution in [1.82, 2.24) is 0 Å². The van der Waals surface area contributed by atoms with Crippen LogP contribution in [0, 0.1) is 27.7 Å². The Morgan fingerprint density at radius 3 is 1.23 bits per heavy atom. The fourth-order valence-corrected chi connectivity index (χ4v) is 8.39. The fourth-order valence-electron chi connectivity index (χ4n) is 3.81. The van der Waals surface area contributed by atoms with Gasteiger partial charge < -0.3 is 18.9 Å². The third kappa shape index (κ3) is 11.1. The number of hydrogen-bond acceptors (Lipinski definition) is 4. The summed E-state index contributed by atoms with van der Waals surface area (Å²) in [5, 5.41) is 0. The first-order chi connectivity index (χ1) is 16.0. The van der Waals surface area contributed by atoms with Crippen molar-refractivity contribution in [2.45, 2.75) is 67.2 Å². The fraction of sp³-hybridized carbons (Fsp3) is 0.571. The molecule has 0 bridgehead atoms. The smallest absolute Gasteiger partial charge is 1.00 e. The van der Waals surface area contributed by atoms with Crippen LogP contribution in [-0.2, 0) is 33.0 Å². The second kappa shape index (κ2) is 18.9. The van der Waals surface area contributed by atoms with Gasteiger partial charge >= 0.3 is 154 Å². The van der Waals surface area contributed by atoms with Crippen LogP contribution in [0.5, 0.6) is 0 Å². The summed E-state index contributed by atoms with van der Waals surface area (Å²) >= 11 is -1.16. The Hall–Kier alpha value is -1.31. The van der Waals surface area contributed by atoms with Gasteiger partial charge in [0.2, 0.25) is 0 Å². The second-order valence-electron chi connectivity index (χ2n) is 8.67. The van der Waals surface area contributed by atoms with Crippen molar-refractivity contribution in [2.75, 3.05) is 45.3 Å². The van der Waals surface area contributed by atoms with E-state index < -0.39 is 23.5 Å². The normalized spacial score (nSPS) is 13.7. The van der Waals surface area contributed by atoms with E-state index in [1.54, 1.807) is 0 Å². The monoisotopic (exact) mass is 658 g/mol. The van der Waals surface area contributed by atoms with E-state index in [-0.39, 0.29) is 9.41 Å². The Balaban J connectivity index is 0.000000793. The number of anilines is 2. The van der Waals surface area contributed by atoms with Crippen molar-refractivity contribution < 1.29 is 42.4 Å². The molecule has 196 valence electrons. The van der Waals surface area contributed by atoms with Gasteiger partial charge in [0.15, 0.2) is 0 Å². The van der Waals surface area contributed by atoms with Crippen LogP contribution in [0.4, 0.5) is 11.4 Å². The summed E-state index contributed by atoms with van der Waals surface area (Å²) in [6, 6.07) is 13.4. The summed E-state index contributed by atoms with van der Waals surface area (Å²) in [5.74, 6) is 0. The molecule has 35 heavy (non-hydrogen) atoms. The second-order valence-corrected chi connectivity index (χ2v) is 13.3. The Labute approximate surface area is 224 Å². The van der Waals surface area contributed by atoms with E-state index in [2.05, 4.69) is 83.7 Å². The molecule has 2 aliphatic heterocycles. The molecule has 0 saturated carbocycles. The van der Waals surface area contributed by atoms with E-state index in [1.807, 2.05) is 0 Å². The molecule has 0 spiro atoms. The SMILES string of the molecule is C1CCOC1.C1CCOC1.CC[N]([Hf+2][N](CC)c1cccc(C)c1C)c1cccc(C)c1C.[F-].[F-]. The van der Waals surface area contributed by atoms with Crippen LogP contribution in [0.15, 0.2) is 36.4 Å². The van der Waals surface area contributed by atoms with Crippen molar-refractivity contribution >= 4 is 11.4 Å². The molecule has 2 fully saturated rings. The van der Waals surface area contributed by atoms with Crippen LogP contribution in [0.2, 0.25) is 0 Å². The van der Waals surface area contributed by atoms with Crippen molar-refractivity contribution in [3.8, 4) is 0 Å². The van der Waals surface area contributed by atoms with Gasteiger partial charge in [0, 0.05) is 26.4 Å². The van der Waals surface area contributed by atoms with Gasteiger partial charge in [-0.15, -0.1) is 0 Å². The van der Waals surface area contributed by atoms with Crippen molar-refractivity contribution in [2.24, 2.45) is 0 Å². The van der Waals surface area contributed by atoms with Gasteiger partial charge in [-0.05, 0) is 25.7 Å². The molecule has 2 aliphatic rings. The van der Waals surface area contributed by atoms with E-state index in [1.165, 1.54) is 59.3 Å². The standard InChI is InChI=1S/2C10H14N.2C4H8O.2FH.Hf/c2*1-4-11-10-7-5-6-8(2)9(10)3;2*1-2-4-5-3-1;;;/h2*5-7H,4H2,1-3H3;2*1-4H2;2*1H;/q2*-1;;;;;+4/p-2. The van der Waals surface area contributed by atoms with E-state index in [0.29, 0.717) is 0 Å². The van der Waals surface area contributed by atoms with E-state index >= 15 is 0 Å². The molecule has 0 aromatic heterocycles. The Bertz CT molecular complexity index is 748. The van der Waals surface area contributed by atoms with E-state index in [4.69, 9.17) is 9.47 Å². The predicted octanol–water partition coefficient (Wildman–Crippen LogP) is 0.787. The number of aryl methyl sites for hydroxylation is 2. The van der Waals surface area contributed by atoms with Crippen LogP contribution >= 0.6 is 0 Å². The van der Waals surface area contributed by atoms with Gasteiger partial charge in [0.05, 0.1) is 0 Å². The van der Waals surface area contributed by atoms with Gasteiger partial charge in [0.1, 0.15) is 0 Å². The first-order valence-corrected chi connectivity index (χ1v) is 15.8. The maximum atomic E-state index is 4.94. The number of nitrogens with zero attached hydrogens (tertiary/aromatic N) is 2. The van der Waals surface area contributed by atoms with Crippen LogP contribution in [0.1, 0.15) is 61.8 Å². The molecule has 0 aliphatic carbocycles. The zero-order chi connectivity index (χ0) is 24.1. The molecule has 0 atom stereocenters. The average molecular weight is 657 g/mol. The van der Waals surface area contributed by atoms with Crippen molar-refractivity contribution in [1.29, 1.82) is 0 Å². The summed E-state index contributed by atoms with van der Waals surface area (Å²) in [4.78, 5) is 0. The molecule has 0 N–H and O–H groups in total. The minimum absolute atomic E-state index is 0. The largest absolute Gasteiger partial charge is 1.00 e. The van der Waals surface area contributed by atoms with Crippen LogP contribution < -0.4 is 15.2 Å². The maximum Gasteiger partial charge on any atom is -1.00 e. The molecular formula is C28H44F2HfN2O2. The van der Waals surface area contributed by atoms with Gasteiger partial charge in [-0.3, -0.25) is 0 Å². The number of ether oxygens (including phenoxy) is 2. The molecular weight excluding hydrogens is 613 g/mol. The molecule has 2 aromatic rings. The molecule has 0 radical (unpaired) electrons. The molecule has 4 nitrogen and oxygen atoms in total. The van der Waals surface area contributed by atoms with Gasteiger partial charge in [-0.25, -0.2) is 0 Å². The predicted molar refractivity (Wildman–Crippen MR) is 138 cm³/mol. The third-order valence-corrected chi connectivity index (χ3v) is 12.0. The molecule has 2 heterocycles. The zero-order valence-corrected chi connectivity index (χ0v) is 26.1. The average Bonchev–Trinajstić information content (AvgIpc) is 3.58. The number of rotatable bonds is 6. The number of benzene rings is 2. The number of halogens is 2. The summed E-state index contributed by atoms with van der Waals surface area (Å²) in [6.07, 6.45) is 5.11. The van der Waals surface area contributed by atoms with Crippen LogP contribution in [0.3, 0.4) is 0 Å². The quantitative estimate of drug-likeness (QED) is 0.430. The van der Waals surface area contributed by atoms with E-state index in [0.717, 1.165) is 39.5 Å². The van der Waals surface area contributed by atoms with Crippen LogP contribution in [-0.4, -0.2) is 39.5 Å². The topological polar surface area (TPSA) is 24.9 Å². The Kier molecular flexibility index (Phi) is 18.2. The summed E-state index contributed by atoms with van der Waals surface area (Å²) in [6.45, 7) is 19.7. The van der Waals surface area contributed by atoms with Crippen LogP contribution in [0.25, 0.3) is 0 Å². The zero-order valence-electron chi connectivity index (χ0n) is 22.5. The molecule has 2 aromatic carbocycles. The van der Waals surface area contributed by atoms with Crippen molar-refractivity contribution in [3.63, 3.8) is 0 Å². The molecule has 0 unspecified atom stereocenters. The first kappa shape index (κ1) is 33.7. The maximum absolute atomic E-state index is 4.94. The van der Waals surface area contributed by atoms with Crippen molar-refractivity contribution in [3.05, 3.63) is 58.7 Å². The minimum atomic E-state index is -1.16. The summed E-state index contributed by atoms with van der Waals surface area (Å²) in [5.41, 5.74) is 8.50. The summed E-state index contributed by atoms with van der Waals surface area (Å²) in [7, 11) is 0. The molecule has 7 heteroatoms. The number of hydrogen-bond donors (Lipinski definition) is 0. The molecule has 0 amide bonds. The molecule has 4 rings (SSSR count). The minimum Gasteiger partial charge on any atom is -1.00 e. The molecule has 2 saturated heterocycles. The van der Waals surface area contributed by atoms with Gasteiger partial charge in [-0.2, -0.15) is 0 Å². The van der Waals surface area contributed by atoms with Gasteiger partial charge in [0.25, 0.3) is 0 Å². The van der Waals surface area contributed by atoms with E-state index in [9.17, 15) is 0 Å². The summed E-state index contributed by atoms with van der Waals surface area (Å²) < 4.78 is 15.2. The first-order valence-electron chi connectivity index (χ1n) is 12.6. The Morgan fingerprint density at radius 1 is 0.629 bits per heavy atom.